The molecule has 0 amide bonds. The van der Waals surface area contributed by atoms with E-state index in [1.165, 1.54) is 0 Å². The van der Waals surface area contributed by atoms with E-state index in [-0.39, 0.29) is 0 Å². The van der Waals surface area contributed by atoms with Crippen LogP contribution in [0.3, 0.4) is 0 Å². The summed E-state index contributed by atoms with van der Waals surface area (Å²) in [6.07, 6.45) is 6.89. The Morgan fingerprint density at radius 3 is 2.72 bits per heavy atom. The normalized spacial score (nSPS) is 11.1. The molecule has 0 aliphatic heterocycles. The maximum atomic E-state index is 5.30. The van der Waals surface area contributed by atoms with E-state index in [9.17, 15) is 0 Å². The van der Waals surface area contributed by atoms with Gasteiger partial charge in [-0.1, -0.05) is 24.9 Å². The third kappa shape index (κ3) is 3.52. The van der Waals surface area contributed by atoms with Gasteiger partial charge in [0.25, 0.3) is 0 Å². The average Bonchev–Trinajstić information content (AvgIpc) is 2.81. The minimum absolute atomic E-state index is 0.449. The van der Waals surface area contributed by atoms with E-state index < -0.39 is 0 Å². The highest BCUT2D eigenvalue weighted by molar-refractivity contribution is 5.79. The largest absolute Gasteiger partial charge is 0.361 e. The predicted molar refractivity (Wildman–Crippen MR) is 72.3 cm³/mol. The number of rotatable bonds is 5. The van der Waals surface area contributed by atoms with Crippen LogP contribution in [0.15, 0.2) is 9.52 Å². The van der Waals surface area contributed by atoms with Crippen molar-refractivity contribution in [1.29, 1.82) is 0 Å². The second-order valence-electron chi connectivity index (χ2n) is 3.72. The molecule has 98 valence electrons. The molecule has 1 aromatic rings. The molecule has 5 nitrogen and oxygen atoms in total. The van der Waals surface area contributed by atoms with E-state index in [0.717, 1.165) is 29.9 Å². The smallest absolute Gasteiger partial charge is 0.192 e. The molecule has 5 heteroatoms. The third-order valence-corrected chi connectivity index (χ3v) is 2.62. The second-order valence-corrected chi connectivity index (χ2v) is 3.72. The van der Waals surface area contributed by atoms with Crippen molar-refractivity contribution in [1.82, 2.24) is 15.8 Å². The molecule has 0 fully saturated rings. The number of hydrogen-bond donors (Lipinski definition) is 2. The second kappa shape index (κ2) is 7.38. The molecule has 0 aromatic carbocycles. The van der Waals surface area contributed by atoms with Crippen LogP contribution < -0.4 is 10.6 Å². The van der Waals surface area contributed by atoms with E-state index in [2.05, 4.69) is 40.6 Å². The summed E-state index contributed by atoms with van der Waals surface area (Å²) in [7, 11) is 1.71. The first-order chi connectivity index (χ1) is 8.76. The van der Waals surface area contributed by atoms with Crippen LogP contribution in [0.4, 0.5) is 0 Å². The average molecular weight is 248 g/mol. The number of terminal acetylenes is 1. The quantitative estimate of drug-likeness (QED) is 0.465. The van der Waals surface area contributed by atoms with Crippen molar-refractivity contribution in [3.8, 4) is 12.3 Å². The summed E-state index contributed by atoms with van der Waals surface area (Å²) in [6.45, 7) is 5.20. The van der Waals surface area contributed by atoms with Gasteiger partial charge in [-0.3, -0.25) is 4.99 Å². The number of guanidine groups is 1. The molecule has 1 rings (SSSR count). The van der Waals surface area contributed by atoms with E-state index >= 15 is 0 Å². The summed E-state index contributed by atoms with van der Waals surface area (Å²) in [4.78, 5) is 4.08. The van der Waals surface area contributed by atoms with Gasteiger partial charge in [0.2, 0.25) is 0 Å². The molecule has 2 N–H and O–H groups in total. The fourth-order valence-electron chi connectivity index (χ4n) is 1.67. The number of aryl methyl sites for hydroxylation is 2. The topological polar surface area (TPSA) is 62.5 Å². The van der Waals surface area contributed by atoms with E-state index in [1.54, 1.807) is 7.05 Å². The highest BCUT2D eigenvalue weighted by Gasteiger charge is 2.13. The van der Waals surface area contributed by atoms with Crippen molar-refractivity contribution in [3.63, 3.8) is 0 Å². The van der Waals surface area contributed by atoms with Crippen molar-refractivity contribution in [2.45, 2.75) is 33.2 Å². The zero-order valence-corrected chi connectivity index (χ0v) is 11.2. The van der Waals surface area contributed by atoms with Gasteiger partial charge in [-0.25, -0.2) is 0 Å². The number of aliphatic imine (C=N–C) groups is 1. The van der Waals surface area contributed by atoms with Gasteiger partial charge in [-0.05, 0) is 6.42 Å². The lowest BCUT2D eigenvalue weighted by molar-refractivity contribution is 0.380. The minimum Gasteiger partial charge on any atom is -0.361 e. The number of hydrogen-bond acceptors (Lipinski definition) is 3. The van der Waals surface area contributed by atoms with E-state index in [0.29, 0.717) is 19.0 Å². The van der Waals surface area contributed by atoms with Crippen LogP contribution in [0.25, 0.3) is 0 Å². The standard InChI is InChI=1S/C13H20N4O/c1-5-8-15-13(14-4)16-9-10-11(6-2)17-18-12(10)7-3/h1H,6-9H2,2-4H3,(H2,14,15,16). The van der Waals surface area contributed by atoms with Crippen molar-refractivity contribution in [3.05, 3.63) is 17.0 Å². The third-order valence-electron chi connectivity index (χ3n) is 2.62. The molecule has 1 aromatic heterocycles. The number of nitrogens with zero attached hydrogens (tertiary/aromatic N) is 2. The summed E-state index contributed by atoms with van der Waals surface area (Å²) in [6, 6.07) is 0. The molecule has 0 aliphatic rings. The molecule has 0 bridgehead atoms. The van der Waals surface area contributed by atoms with Crippen LogP contribution in [0.1, 0.15) is 30.9 Å². The Kier molecular flexibility index (Phi) is 5.78. The zero-order chi connectivity index (χ0) is 13.4. The number of nitrogens with one attached hydrogen (secondary N) is 2. The summed E-state index contributed by atoms with van der Waals surface area (Å²) < 4.78 is 5.30. The lowest BCUT2D eigenvalue weighted by atomic mass is 10.1. The monoisotopic (exact) mass is 248 g/mol. The molecule has 0 radical (unpaired) electrons. The predicted octanol–water partition coefficient (Wildman–Crippen LogP) is 1.10. The van der Waals surface area contributed by atoms with Gasteiger partial charge >= 0.3 is 0 Å². The van der Waals surface area contributed by atoms with Crippen LogP contribution >= 0.6 is 0 Å². The highest BCUT2D eigenvalue weighted by Crippen LogP contribution is 2.15. The van der Waals surface area contributed by atoms with Gasteiger partial charge in [0, 0.05) is 25.6 Å². The van der Waals surface area contributed by atoms with Gasteiger partial charge in [0.05, 0.1) is 12.2 Å². The first kappa shape index (κ1) is 14.1. The van der Waals surface area contributed by atoms with Crippen LogP contribution in [-0.4, -0.2) is 24.7 Å². The van der Waals surface area contributed by atoms with Gasteiger partial charge < -0.3 is 15.2 Å². The molecule has 0 saturated carbocycles. The number of aromatic nitrogens is 1. The van der Waals surface area contributed by atoms with Crippen molar-refractivity contribution in [2.75, 3.05) is 13.6 Å². The minimum atomic E-state index is 0.449. The van der Waals surface area contributed by atoms with Crippen molar-refractivity contribution in [2.24, 2.45) is 4.99 Å². The van der Waals surface area contributed by atoms with Crippen LogP contribution in [0.5, 0.6) is 0 Å². The van der Waals surface area contributed by atoms with E-state index in [1.807, 2.05) is 0 Å². The molecule has 0 aliphatic carbocycles. The molecule has 0 spiro atoms. The SMILES string of the molecule is C#CCNC(=NC)NCc1c(CC)noc1CC. The maximum absolute atomic E-state index is 5.30. The maximum Gasteiger partial charge on any atom is 0.192 e. The molecule has 1 heterocycles. The van der Waals surface area contributed by atoms with Gasteiger partial charge in [0.15, 0.2) is 5.96 Å². The summed E-state index contributed by atoms with van der Waals surface area (Å²) >= 11 is 0. The molecule has 0 saturated heterocycles. The fraction of sp³-hybridized carbons (Fsp3) is 0.538. The highest BCUT2D eigenvalue weighted by atomic mass is 16.5. The Bertz CT molecular complexity index is 421. The van der Waals surface area contributed by atoms with Gasteiger partial charge in [-0.2, -0.15) is 0 Å². The molecule has 18 heavy (non-hydrogen) atoms. The van der Waals surface area contributed by atoms with Crippen LogP contribution in [-0.2, 0) is 19.4 Å². The Hall–Kier alpha value is -1.96. The Morgan fingerprint density at radius 2 is 2.17 bits per heavy atom. The Balaban J connectivity index is 2.67. The lowest BCUT2D eigenvalue weighted by Gasteiger charge is -2.10. The zero-order valence-electron chi connectivity index (χ0n) is 11.2. The van der Waals surface area contributed by atoms with Gasteiger partial charge in [-0.15, -0.1) is 6.42 Å². The van der Waals surface area contributed by atoms with Crippen molar-refractivity contribution >= 4 is 5.96 Å². The summed E-state index contributed by atoms with van der Waals surface area (Å²) in [5, 5.41) is 10.3. The lowest BCUT2D eigenvalue weighted by Crippen LogP contribution is -2.37. The molecular weight excluding hydrogens is 228 g/mol. The van der Waals surface area contributed by atoms with Crippen LogP contribution in [0.2, 0.25) is 0 Å². The van der Waals surface area contributed by atoms with Gasteiger partial charge in [0.1, 0.15) is 5.76 Å². The fourth-order valence-corrected chi connectivity index (χ4v) is 1.67. The summed E-state index contributed by atoms with van der Waals surface area (Å²) in [5.41, 5.74) is 2.11. The first-order valence-electron chi connectivity index (χ1n) is 6.11. The van der Waals surface area contributed by atoms with E-state index in [4.69, 9.17) is 10.9 Å². The molecule has 0 atom stereocenters. The molecule has 0 unspecified atom stereocenters. The first-order valence-corrected chi connectivity index (χ1v) is 6.11. The van der Waals surface area contributed by atoms with Crippen LogP contribution in [0, 0.1) is 12.3 Å². The summed E-state index contributed by atoms with van der Waals surface area (Å²) in [5.74, 6) is 4.11. The Labute approximate surface area is 108 Å². The Morgan fingerprint density at radius 1 is 1.39 bits per heavy atom. The van der Waals surface area contributed by atoms with Crippen molar-refractivity contribution < 1.29 is 4.52 Å². The molecular formula is C13H20N4O.